The number of phenolic OH excluding ortho intramolecular Hbond substituents is 1. The van der Waals surface area contributed by atoms with E-state index in [-0.39, 0.29) is 23.0 Å². The molecule has 1 aliphatic carbocycles. The Morgan fingerprint density at radius 2 is 2.22 bits per heavy atom. The largest absolute Gasteiger partial charge is 0.508 e. The van der Waals surface area contributed by atoms with Crippen LogP contribution in [0.5, 0.6) is 5.75 Å². The van der Waals surface area contributed by atoms with Gasteiger partial charge >= 0.3 is 0 Å². The summed E-state index contributed by atoms with van der Waals surface area (Å²) in [5.74, 6) is -0.0198. The predicted molar refractivity (Wildman–Crippen MR) is 72.0 cm³/mol. The quantitative estimate of drug-likeness (QED) is 0.827. The van der Waals surface area contributed by atoms with Crippen molar-refractivity contribution in [2.45, 2.75) is 38.6 Å². The van der Waals surface area contributed by atoms with Crippen LogP contribution < -0.4 is 5.32 Å². The standard InChI is InChI=1S/C14H18ClNO2/c1-14(2)6-5-9-10(8-16-13(18)7-15)12(17)4-3-11(9)14/h3-4,17H,5-8H2,1-2H3,(H,16,18). The van der Waals surface area contributed by atoms with Gasteiger partial charge in [-0.05, 0) is 35.4 Å². The molecule has 0 unspecified atom stereocenters. The summed E-state index contributed by atoms with van der Waals surface area (Å²) in [4.78, 5) is 11.2. The first-order chi connectivity index (χ1) is 8.45. The molecule has 1 amide bonds. The van der Waals surface area contributed by atoms with Gasteiger partial charge in [0.2, 0.25) is 5.91 Å². The molecule has 3 nitrogen and oxygen atoms in total. The minimum atomic E-state index is -0.217. The third-order valence-electron chi connectivity index (χ3n) is 3.72. The number of phenols is 1. The number of hydrogen-bond acceptors (Lipinski definition) is 2. The lowest BCUT2D eigenvalue weighted by atomic mass is 9.86. The Labute approximate surface area is 112 Å². The molecule has 0 bridgehead atoms. The van der Waals surface area contributed by atoms with Crippen LogP contribution in [0.3, 0.4) is 0 Å². The van der Waals surface area contributed by atoms with Crippen LogP contribution in [0.25, 0.3) is 0 Å². The molecule has 1 aromatic carbocycles. The number of rotatable bonds is 3. The van der Waals surface area contributed by atoms with E-state index in [1.54, 1.807) is 6.07 Å². The van der Waals surface area contributed by atoms with Gasteiger partial charge in [-0.1, -0.05) is 19.9 Å². The van der Waals surface area contributed by atoms with E-state index in [1.807, 2.05) is 6.07 Å². The highest BCUT2D eigenvalue weighted by Gasteiger charge is 2.32. The van der Waals surface area contributed by atoms with Gasteiger partial charge in [0.15, 0.2) is 0 Å². The van der Waals surface area contributed by atoms with Crippen molar-refractivity contribution in [3.63, 3.8) is 0 Å². The fraction of sp³-hybridized carbons (Fsp3) is 0.500. The zero-order valence-corrected chi connectivity index (χ0v) is 11.5. The van der Waals surface area contributed by atoms with E-state index in [0.29, 0.717) is 6.54 Å². The van der Waals surface area contributed by atoms with Crippen LogP contribution in [-0.2, 0) is 23.2 Å². The van der Waals surface area contributed by atoms with Crippen molar-refractivity contribution in [1.29, 1.82) is 0 Å². The molecule has 0 fully saturated rings. The number of carbonyl (C=O) groups excluding carboxylic acids is 1. The van der Waals surface area contributed by atoms with E-state index in [0.717, 1.165) is 18.4 Å². The first-order valence-electron chi connectivity index (χ1n) is 6.12. The van der Waals surface area contributed by atoms with Crippen LogP contribution in [0.4, 0.5) is 0 Å². The molecule has 0 saturated carbocycles. The van der Waals surface area contributed by atoms with Crippen LogP contribution in [0, 0.1) is 0 Å². The van der Waals surface area contributed by atoms with E-state index >= 15 is 0 Å². The lowest BCUT2D eigenvalue weighted by molar-refractivity contribution is -0.118. The Kier molecular flexibility index (Phi) is 3.53. The summed E-state index contributed by atoms with van der Waals surface area (Å²) in [6.45, 7) is 4.75. The van der Waals surface area contributed by atoms with Crippen molar-refractivity contribution in [2.75, 3.05) is 5.88 Å². The number of amides is 1. The zero-order chi connectivity index (χ0) is 13.3. The number of fused-ring (bicyclic) bond motifs is 1. The molecule has 1 aliphatic rings. The van der Waals surface area contributed by atoms with Crippen molar-refractivity contribution in [2.24, 2.45) is 0 Å². The van der Waals surface area contributed by atoms with Crippen LogP contribution in [0.15, 0.2) is 12.1 Å². The third-order valence-corrected chi connectivity index (χ3v) is 3.96. The Morgan fingerprint density at radius 1 is 1.50 bits per heavy atom. The molecule has 4 heteroatoms. The van der Waals surface area contributed by atoms with E-state index in [1.165, 1.54) is 11.1 Å². The van der Waals surface area contributed by atoms with E-state index in [9.17, 15) is 9.90 Å². The van der Waals surface area contributed by atoms with Crippen LogP contribution >= 0.6 is 11.6 Å². The molecular formula is C14H18ClNO2. The highest BCUT2D eigenvalue weighted by molar-refractivity contribution is 6.27. The second kappa shape index (κ2) is 4.81. The maximum absolute atomic E-state index is 11.2. The number of aromatic hydroxyl groups is 1. The SMILES string of the molecule is CC1(C)CCc2c1ccc(O)c2CNC(=O)CCl. The highest BCUT2D eigenvalue weighted by Crippen LogP contribution is 2.42. The molecule has 0 spiro atoms. The average molecular weight is 268 g/mol. The number of hydrogen-bond donors (Lipinski definition) is 2. The van der Waals surface area contributed by atoms with Crippen LogP contribution in [0.1, 0.15) is 37.0 Å². The van der Waals surface area contributed by atoms with Gasteiger partial charge in [-0.2, -0.15) is 0 Å². The fourth-order valence-corrected chi connectivity index (χ4v) is 2.70. The Bertz CT molecular complexity index is 483. The van der Waals surface area contributed by atoms with Crippen molar-refractivity contribution in [3.8, 4) is 5.75 Å². The second-order valence-electron chi connectivity index (χ2n) is 5.38. The smallest absolute Gasteiger partial charge is 0.235 e. The summed E-state index contributed by atoms with van der Waals surface area (Å²) < 4.78 is 0. The molecule has 1 aromatic rings. The molecule has 0 heterocycles. The minimum Gasteiger partial charge on any atom is -0.508 e. The van der Waals surface area contributed by atoms with Gasteiger partial charge in [0, 0.05) is 12.1 Å². The summed E-state index contributed by atoms with van der Waals surface area (Å²) >= 11 is 5.45. The molecule has 0 saturated heterocycles. The first-order valence-corrected chi connectivity index (χ1v) is 6.66. The maximum atomic E-state index is 11.2. The summed E-state index contributed by atoms with van der Waals surface area (Å²) in [5.41, 5.74) is 3.43. The number of alkyl halides is 1. The number of halogens is 1. The first kappa shape index (κ1) is 13.2. The molecule has 0 atom stereocenters. The molecule has 98 valence electrons. The van der Waals surface area contributed by atoms with Gasteiger partial charge in [0.25, 0.3) is 0 Å². The van der Waals surface area contributed by atoms with Gasteiger partial charge in [-0.25, -0.2) is 0 Å². The third kappa shape index (κ3) is 2.32. The van der Waals surface area contributed by atoms with Crippen molar-refractivity contribution in [3.05, 3.63) is 28.8 Å². The molecular weight excluding hydrogens is 250 g/mol. The van der Waals surface area contributed by atoms with Gasteiger partial charge in [0.1, 0.15) is 11.6 Å². The molecule has 2 rings (SSSR count). The fourth-order valence-electron chi connectivity index (χ4n) is 2.60. The zero-order valence-electron chi connectivity index (χ0n) is 10.7. The average Bonchev–Trinajstić information content (AvgIpc) is 2.63. The van der Waals surface area contributed by atoms with Crippen LogP contribution in [-0.4, -0.2) is 16.9 Å². The van der Waals surface area contributed by atoms with Crippen molar-refractivity contribution >= 4 is 17.5 Å². The molecule has 18 heavy (non-hydrogen) atoms. The predicted octanol–water partition coefficient (Wildman–Crippen LogP) is 2.47. The van der Waals surface area contributed by atoms with Gasteiger partial charge in [-0.3, -0.25) is 4.79 Å². The summed E-state index contributed by atoms with van der Waals surface area (Å²) in [5, 5.41) is 12.7. The highest BCUT2D eigenvalue weighted by atomic mass is 35.5. The van der Waals surface area contributed by atoms with Crippen molar-refractivity contribution in [1.82, 2.24) is 5.32 Å². The van der Waals surface area contributed by atoms with E-state index in [4.69, 9.17) is 11.6 Å². The normalized spacial score (nSPS) is 16.4. The Morgan fingerprint density at radius 3 is 2.89 bits per heavy atom. The molecule has 0 aliphatic heterocycles. The maximum Gasteiger partial charge on any atom is 0.235 e. The summed E-state index contributed by atoms with van der Waals surface area (Å²) in [6.07, 6.45) is 2.02. The Hall–Kier alpha value is -1.22. The Balaban J connectivity index is 2.31. The van der Waals surface area contributed by atoms with Gasteiger partial charge < -0.3 is 10.4 Å². The number of nitrogens with one attached hydrogen (secondary N) is 1. The summed E-state index contributed by atoms with van der Waals surface area (Å²) in [7, 11) is 0. The lowest BCUT2D eigenvalue weighted by Crippen LogP contribution is -2.24. The lowest BCUT2D eigenvalue weighted by Gasteiger charge is -2.20. The van der Waals surface area contributed by atoms with E-state index in [2.05, 4.69) is 19.2 Å². The van der Waals surface area contributed by atoms with E-state index < -0.39 is 0 Å². The summed E-state index contributed by atoms with van der Waals surface area (Å²) in [6, 6.07) is 3.71. The molecule has 0 aromatic heterocycles. The van der Waals surface area contributed by atoms with Crippen LogP contribution in [0.2, 0.25) is 0 Å². The monoisotopic (exact) mass is 267 g/mol. The second-order valence-corrected chi connectivity index (χ2v) is 5.65. The van der Waals surface area contributed by atoms with Gasteiger partial charge in [-0.15, -0.1) is 11.6 Å². The van der Waals surface area contributed by atoms with Gasteiger partial charge in [0.05, 0.1) is 0 Å². The topological polar surface area (TPSA) is 49.3 Å². The molecule has 2 N–H and O–H groups in total. The molecule has 0 radical (unpaired) electrons. The minimum absolute atomic E-state index is 0.0543. The number of carbonyl (C=O) groups is 1. The number of benzene rings is 1. The van der Waals surface area contributed by atoms with Crippen molar-refractivity contribution < 1.29 is 9.90 Å².